The molecule has 1 aromatic heterocycles. The lowest BCUT2D eigenvalue weighted by molar-refractivity contribution is 0.414. The standard InChI is InChI=1S/C23H17NO3/c1-27-14-7-4-6-13(12-14)19-15-8-2-3-9-16(15)22-21(19)20-17(23(26)24-22)10-5-11-18(20)25/h2-12,19,25H,1H3,(H,24,26). The SMILES string of the molecule is COc1cccc(C2c3ccccc3-c3[nH]c(=O)c4cccc(O)c4c32)c1. The van der Waals surface area contributed by atoms with Gasteiger partial charge < -0.3 is 14.8 Å². The van der Waals surface area contributed by atoms with Gasteiger partial charge in [-0.15, -0.1) is 0 Å². The number of phenolic OH excluding ortho intramolecular Hbond substituents is 1. The fourth-order valence-electron chi connectivity index (χ4n) is 4.19. The number of rotatable bonds is 2. The first-order valence-corrected chi connectivity index (χ1v) is 8.80. The molecule has 0 amide bonds. The van der Waals surface area contributed by atoms with Crippen molar-refractivity contribution in [2.75, 3.05) is 7.11 Å². The van der Waals surface area contributed by atoms with Crippen LogP contribution in [0.1, 0.15) is 22.6 Å². The molecule has 5 rings (SSSR count). The van der Waals surface area contributed by atoms with Crippen molar-refractivity contribution >= 4 is 10.8 Å². The molecule has 0 saturated heterocycles. The molecule has 0 radical (unpaired) electrons. The predicted molar refractivity (Wildman–Crippen MR) is 106 cm³/mol. The van der Waals surface area contributed by atoms with Crippen LogP contribution in [0.3, 0.4) is 0 Å². The van der Waals surface area contributed by atoms with E-state index >= 15 is 0 Å². The fraction of sp³-hybridized carbons (Fsp3) is 0.0870. The van der Waals surface area contributed by atoms with Crippen molar-refractivity contribution in [1.29, 1.82) is 0 Å². The Morgan fingerprint density at radius 3 is 2.67 bits per heavy atom. The van der Waals surface area contributed by atoms with Crippen molar-refractivity contribution in [3.8, 4) is 22.8 Å². The Morgan fingerprint density at radius 1 is 1.00 bits per heavy atom. The Hall–Kier alpha value is -3.53. The minimum Gasteiger partial charge on any atom is -0.507 e. The van der Waals surface area contributed by atoms with Crippen LogP contribution >= 0.6 is 0 Å². The van der Waals surface area contributed by atoms with E-state index in [2.05, 4.69) is 17.1 Å². The summed E-state index contributed by atoms with van der Waals surface area (Å²) in [5.74, 6) is 0.797. The molecule has 0 spiro atoms. The Bertz CT molecular complexity index is 1260. The van der Waals surface area contributed by atoms with Crippen molar-refractivity contribution in [1.82, 2.24) is 4.98 Å². The van der Waals surface area contributed by atoms with Crippen molar-refractivity contribution in [2.24, 2.45) is 0 Å². The van der Waals surface area contributed by atoms with Crippen LogP contribution < -0.4 is 10.3 Å². The topological polar surface area (TPSA) is 62.3 Å². The molecule has 2 N–H and O–H groups in total. The van der Waals surface area contributed by atoms with Gasteiger partial charge in [0.1, 0.15) is 11.5 Å². The van der Waals surface area contributed by atoms with Gasteiger partial charge in [0.05, 0.1) is 18.2 Å². The number of phenols is 1. The number of hydrogen-bond donors (Lipinski definition) is 2. The number of H-pyrrole nitrogens is 1. The van der Waals surface area contributed by atoms with Gasteiger partial charge in [-0.2, -0.15) is 0 Å². The van der Waals surface area contributed by atoms with Crippen LogP contribution in [0, 0.1) is 0 Å². The van der Waals surface area contributed by atoms with Crippen molar-refractivity contribution in [3.63, 3.8) is 0 Å². The third-order valence-electron chi connectivity index (χ3n) is 5.32. The van der Waals surface area contributed by atoms with Gasteiger partial charge in [-0.3, -0.25) is 4.79 Å². The molecule has 1 aliphatic carbocycles. The highest BCUT2D eigenvalue weighted by atomic mass is 16.5. The summed E-state index contributed by atoms with van der Waals surface area (Å²) in [5.41, 5.74) is 4.65. The van der Waals surface area contributed by atoms with Gasteiger partial charge >= 0.3 is 0 Å². The first-order chi connectivity index (χ1) is 13.2. The predicted octanol–water partition coefficient (Wildman–Crippen LogP) is 4.40. The van der Waals surface area contributed by atoms with Crippen LogP contribution in [0.25, 0.3) is 22.0 Å². The number of pyridine rings is 1. The average Bonchev–Trinajstić information content (AvgIpc) is 3.02. The summed E-state index contributed by atoms with van der Waals surface area (Å²) in [4.78, 5) is 15.7. The molecular formula is C23H17NO3. The summed E-state index contributed by atoms with van der Waals surface area (Å²) in [6.45, 7) is 0. The lowest BCUT2D eigenvalue weighted by Crippen LogP contribution is -2.10. The van der Waals surface area contributed by atoms with E-state index in [1.54, 1.807) is 25.3 Å². The summed E-state index contributed by atoms with van der Waals surface area (Å²) in [6.07, 6.45) is 0. The van der Waals surface area contributed by atoms with Gasteiger partial charge in [0.25, 0.3) is 5.56 Å². The zero-order chi connectivity index (χ0) is 18.5. The highest BCUT2D eigenvalue weighted by Gasteiger charge is 2.33. The fourth-order valence-corrected chi connectivity index (χ4v) is 4.19. The van der Waals surface area contributed by atoms with E-state index in [-0.39, 0.29) is 17.2 Å². The van der Waals surface area contributed by atoms with Crippen molar-refractivity contribution in [2.45, 2.75) is 5.92 Å². The minimum atomic E-state index is -0.194. The molecule has 1 unspecified atom stereocenters. The molecule has 4 heteroatoms. The van der Waals surface area contributed by atoms with E-state index in [0.29, 0.717) is 10.8 Å². The van der Waals surface area contributed by atoms with E-state index in [1.165, 1.54) is 0 Å². The summed E-state index contributed by atoms with van der Waals surface area (Å²) < 4.78 is 5.41. The number of aromatic amines is 1. The van der Waals surface area contributed by atoms with E-state index < -0.39 is 0 Å². The first-order valence-electron chi connectivity index (χ1n) is 8.80. The third-order valence-corrected chi connectivity index (χ3v) is 5.32. The normalized spacial score (nSPS) is 14.8. The number of nitrogens with one attached hydrogen (secondary N) is 1. The van der Waals surface area contributed by atoms with E-state index in [9.17, 15) is 9.90 Å². The molecule has 4 nitrogen and oxygen atoms in total. The summed E-state index contributed by atoms with van der Waals surface area (Å²) in [7, 11) is 1.65. The molecule has 0 bridgehead atoms. The Morgan fingerprint density at radius 2 is 1.81 bits per heavy atom. The lowest BCUT2D eigenvalue weighted by Gasteiger charge is -2.17. The van der Waals surface area contributed by atoms with Crippen molar-refractivity contribution < 1.29 is 9.84 Å². The van der Waals surface area contributed by atoms with Gasteiger partial charge in [0.15, 0.2) is 0 Å². The lowest BCUT2D eigenvalue weighted by atomic mass is 9.87. The Balaban J connectivity index is 1.93. The molecule has 0 saturated carbocycles. The highest BCUT2D eigenvalue weighted by Crippen LogP contribution is 2.50. The second-order valence-electron chi connectivity index (χ2n) is 6.74. The quantitative estimate of drug-likeness (QED) is 0.493. The Labute approximate surface area is 155 Å². The van der Waals surface area contributed by atoms with Crippen LogP contribution in [-0.2, 0) is 0 Å². The molecule has 3 aromatic carbocycles. The zero-order valence-corrected chi connectivity index (χ0v) is 14.7. The molecule has 0 fully saturated rings. The van der Waals surface area contributed by atoms with Gasteiger partial charge in [-0.05, 0) is 41.0 Å². The minimum absolute atomic E-state index is 0.0982. The Kier molecular flexibility index (Phi) is 3.34. The number of hydrogen-bond acceptors (Lipinski definition) is 3. The third kappa shape index (κ3) is 2.20. The molecular weight excluding hydrogens is 338 g/mol. The molecule has 0 aliphatic heterocycles. The molecule has 27 heavy (non-hydrogen) atoms. The number of fused-ring (bicyclic) bond motifs is 5. The van der Waals surface area contributed by atoms with Crippen molar-refractivity contribution in [3.05, 3.63) is 93.8 Å². The van der Waals surface area contributed by atoms with Crippen LogP contribution in [0.2, 0.25) is 0 Å². The van der Waals surface area contributed by atoms with E-state index in [0.717, 1.165) is 33.7 Å². The largest absolute Gasteiger partial charge is 0.507 e. The number of ether oxygens (including phenoxy) is 1. The second kappa shape index (κ2) is 5.74. The maximum Gasteiger partial charge on any atom is 0.256 e. The average molecular weight is 355 g/mol. The maximum absolute atomic E-state index is 12.7. The van der Waals surface area contributed by atoms with Gasteiger partial charge in [-0.1, -0.05) is 42.5 Å². The number of aromatic nitrogens is 1. The number of aromatic hydroxyl groups is 1. The molecule has 1 heterocycles. The number of benzene rings is 3. The molecule has 1 aliphatic rings. The van der Waals surface area contributed by atoms with Crippen LogP contribution in [-0.4, -0.2) is 17.2 Å². The van der Waals surface area contributed by atoms with Gasteiger partial charge in [0, 0.05) is 16.9 Å². The van der Waals surface area contributed by atoms with Gasteiger partial charge in [0.2, 0.25) is 0 Å². The molecule has 132 valence electrons. The second-order valence-corrected chi connectivity index (χ2v) is 6.74. The first kappa shape index (κ1) is 15.7. The smallest absolute Gasteiger partial charge is 0.256 e. The van der Waals surface area contributed by atoms with Crippen LogP contribution in [0.15, 0.2) is 71.5 Å². The maximum atomic E-state index is 12.7. The van der Waals surface area contributed by atoms with Crippen LogP contribution in [0.5, 0.6) is 11.5 Å². The van der Waals surface area contributed by atoms with E-state index in [4.69, 9.17) is 4.74 Å². The highest BCUT2D eigenvalue weighted by molar-refractivity contribution is 5.98. The van der Waals surface area contributed by atoms with Crippen LogP contribution in [0.4, 0.5) is 0 Å². The summed E-state index contributed by atoms with van der Waals surface area (Å²) in [5, 5.41) is 11.7. The van der Waals surface area contributed by atoms with E-state index in [1.807, 2.05) is 36.4 Å². The molecule has 4 aromatic rings. The van der Waals surface area contributed by atoms with Gasteiger partial charge in [-0.25, -0.2) is 0 Å². The summed E-state index contributed by atoms with van der Waals surface area (Å²) in [6, 6.07) is 21.1. The zero-order valence-electron chi connectivity index (χ0n) is 14.7. The summed E-state index contributed by atoms with van der Waals surface area (Å²) >= 11 is 0. The molecule has 1 atom stereocenters. The number of methoxy groups -OCH3 is 1. The monoisotopic (exact) mass is 355 g/mol.